The van der Waals surface area contributed by atoms with E-state index in [9.17, 15) is 21.6 Å². The Kier molecular flexibility index (Phi) is 6.25. The van der Waals surface area contributed by atoms with E-state index in [0.29, 0.717) is 10.6 Å². The average Bonchev–Trinajstić information content (AvgIpc) is 2.71. The van der Waals surface area contributed by atoms with Crippen LogP contribution in [-0.2, 0) is 20.0 Å². The summed E-state index contributed by atoms with van der Waals surface area (Å²) in [6.45, 7) is 1.61. The minimum absolute atomic E-state index is 0.0414. The zero-order valence-corrected chi connectivity index (χ0v) is 18.4. The van der Waals surface area contributed by atoms with Gasteiger partial charge in [0, 0.05) is 10.7 Å². The van der Waals surface area contributed by atoms with Crippen molar-refractivity contribution in [3.05, 3.63) is 82.9 Å². The molecular formula is C20H17ClN2O6S2. The normalized spacial score (nSPS) is 11.7. The summed E-state index contributed by atoms with van der Waals surface area (Å²) in [4.78, 5) is 10.7. The third-order valence-corrected chi connectivity index (χ3v) is 7.25. The summed E-state index contributed by atoms with van der Waals surface area (Å²) < 4.78 is 55.6. The van der Waals surface area contributed by atoms with Crippen molar-refractivity contribution in [1.82, 2.24) is 0 Å². The number of rotatable bonds is 7. The van der Waals surface area contributed by atoms with Crippen LogP contribution in [0.2, 0.25) is 5.02 Å². The Morgan fingerprint density at radius 3 is 2.10 bits per heavy atom. The summed E-state index contributed by atoms with van der Waals surface area (Å²) >= 11 is 5.80. The number of nitrogens with one attached hydrogen (secondary N) is 2. The molecule has 3 rings (SSSR count). The number of aromatic carboxylic acids is 1. The van der Waals surface area contributed by atoms with Gasteiger partial charge < -0.3 is 5.11 Å². The molecule has 0 unspecified atom stereocenters. The van der Waals surface area contributed by atoms with E-state index in [1.807, 2.05) is 0 Å². The molecule has 0 bridgehead atoms. The van der Waals surface area contributed by atoms with Crippen molar-refractivity contribution in [2.45, 2.75) is 16.7 Å². The highest BCUT2D eigenvalue weighted by molar-refractivity contribution is 7.93. The molecule has 3 aromatic rings. The zero-order chi connectivity index (χ0) is 22.8. The van der Waals surface area contributed by atoms with Crippen LogP contribution in [0.25, 0.3) is 0 Å². The molecule has 162 valence electrons. The van der Waals surface area contributed by atoms with E-state index in [4.69, 9.17) is 16.7 Å². The number of aryl methyl sites for hydroxylation is 1. The van der Waals surface area contributed by atoms with Crippen molar-refractivity contribution in [2.24, 2.45) is 0 Å². The number of carbonyl (C=O) groups is 1. The van der Waals surface area contributed by atoms with Crippen LogP contribution >= 0.6 is 11.6 Å². The van der Waals surface area contributed by atoms with Crippen LogP contribution in [0, 0.1) is 6.92 Å². The highest BCUT2D eigenvalue weighted by Crippen LogP contribution is 2.25. The highest BCUT2D eigenvalue weighted by Gasteiger charge is 2.20. The summed E-state index contributed by atoms with van der Waals surface area (Å²) in [6.07, 6.45) is 0. The Labute approximate surface area is 184 Å². The first-order valence-electron chi connectivity index (χ1n) is 8.73. The summed E-state index contributed by atoms with van der Waals surface area (Å²) in [6, 6.07) is 14.9. The monoisotopic (exact) mass is 480 g/mol. The average molecular weight is 481 g/mol. The van der Waals surface area contributed by atoms with Crippen LogP contribution in [0.1, 0.15) is 15.9 Å². The van der Waals surface area contributed by atoms with Gasteiger partial charge in [0.2, 0.25) is 0 Å². The minimum atomic E-state index is -4.16. The Morgan fingerprint density at radius 2 is 1.45 bits per heavy atom. The molecule has 0 aliphatic rings. The second kappa shape index (κ2) is 8.58. The topological polar surface area (TPSA) is 130 Å². The first-order chi connectivity index (χ1) is 14.5. The third kappa shape index (κ3) is 5.35. The first kappa shape index (κ1) is 22.6. The van der Waals surface area contributed by atoms with Crippen molar-refractivity contribution < 1.29 is 26.7 Å². The van der Waals surface area contributed by atoms with Gasteiger partial charge in [-0.05, 0) is 67.1 Å². The van der Waals surface area contributed by atoms with Crippen molar-refractivity contribution in [2.75, 3.05) is 9.44 Å². The number of hydrogen-bond acceptors (Lipinski definition) is 5. The molecule has 0 aliphatic carbocycles. The van der Waals surface area contributed by atoms with E-state index in [1.165, 1.54) is 60.7 Å². The van der Waals surface area contributed by atoms with Gasteiger partial charge in [0.05, 0.1) is 21.0 Å². The fourth-order valence-electron chi connectivity index (χ4n) is 2.61. The van der Waals surface area contributed by atoms with Gasteiger partial charge in [-0.15, -0.1) is 0 Å². The lowest BCUT2D eigenvalue weighted by atomic mass is 10.2. The van der Waals surface area contributed by atoms with Crippen LogP contribution in [-0.4, -0.2) is 27.9 Å². The molecule has 0 radical (unpaired) electrons. The molecule has 0 heterocycles. The molecule has 0 saturated heterocycles. The zero-order valence-electron chi connectivity index (χ0n) is 16.0. The van der Waals surface area contributed by atoms with Crippen molar-refractivity contribution in [1.29, 1.82) is 0 Å². The number of carboxylic acids is 1. The lowest BCUT2D eigenvalue weighted by Crippen LogP contribution is -2.16. The van der Waals surface area contributed by atoms with Crippen LogP contribution in [0.15, 0.2) is 76.5 Å². The smallest absolute Gasteiger partial charge is 0.335 e. The fourth-order valence-corrected chi connectivity index (χ4v) is 4.99. The van der Waals surface area contributed by atoms with E-state index in [0.717, 1.165) is 6.07 Å². The maximum Gasteiger partial charge on any atom is 0.335 e. The van der Waals surface area contributed by atoms with Crippen LogP contribution < -0.4 is 9.44 Å². The van der Waals surface area contributed by atoms with Gasteiger partial charge in [0.15, 0.2) is 0 Å². The molecule has 3 N–H and O–H groups in total. The maximum absolute atomic E-state index is 12.7. The first-order valence-corrected chi connectivity index (χ1v) is 12.1. The SMILES string of the molecule is Cc1ccc(S(=O)(=O)Nc2ccc(Cl)cc2)cc1NS(=O)(=O)c1cccc(C(=O)O)c1. The maximum atomic E-state index is 12.7. The van der Waals surface area contributed by atoms with E-state index in [2.05, 4.69) is 9.44 Å². The number of hydrogen-bond donors (Lipinski definition) is 3. The Morgan fingerprint density at radius 1 is 0.839 bits per heavy atom. The largest absolute Gasteiger partial charge is 0.478 e. The van der Waals surface area contributed by atoms with E-state index < -0.39 is 26.0 Å². The molecule has 8 nitrogen and oxygen atoms in total. The summed E-state index contributed by atoms with van der Waals surface area (Å²) in [5, 5.41) is 9.52. The molecule has 0 fully saturated rings. The van der Waals surface area contributed by atoms with Gasteiger partial charge >= 0.3 is 5.97 Å². The molecule has 31 heavy (non-hydrogen) atoms. The van der Waals surface area contributed by atoms with Crippen molar-refractivity contribution >= 4 is 49.0 Å². The standard InChI is InChI=1S/C20H17ClN2O6S2/c1-13-5-10-18(30(26,27)22-16-8-6-15(21)7-9-16)12-19(13)23-31(28,29)17-4-2-3-14(11-17)20(24)25/h2-12,22-23H,1H3,(H,24,25). The van der Waals surface area contributed by atoms with Gasteiger partial charge in [-0.2, -0.15) is 0 Å². The molecule has 0 amide bonds. The highest BCUT2D eigenvalue weighted by atomic mass is 35.5. The van der Waals surface area contributed by atoms with Gasteiger partial charge in [-0.1, -0.05) is 23.7 Å². The van der Waals surface area contributed by atoms with E-state index in [-0.39, 0.29) is 26.7 Å². The van der Waals surface area contributed by atoms with Crippen LogP contribution in [0.5, 0.6) is 0 Å². The Balaban J connectivity index is 1.93. The molecule has 11 heteroatoms. The van der Waals surface area contributed by atoms with Crippen LogP contribution in [0.3, 0.4) is 0 Å². The Bertz CT molecular complexity index is 1350. The molecule has 3 aromatic carbocycles. The fraction of sp³-hybridized carbons (Fsp3) is 0.0500. The minimum Gasteiger partial charge on any atom is -0.478 e. The van der Waals surface area contributed by atoms with Crippen molar-refractivity contribution in [3.63, 3.8) is 0 Å². The quantitative estimate of drug-likeness (QED) is 0.469. The van der Waals surface area contributed by atoms with Crippen LogP contribution in [0.4, 0.5) is 11.4 Å². The summed E-state index contributed by atoms with van der Waals surface area (Å²) in [5.74, 6) is -1.27. The van der Waals surface area contributed by atoms with Gasteiger partial charge in [-0.3, -0.25) is 9.44 Å². The second-order valence-corrected chi connectivity index (χ2v) is 10.3. The second-order valence-electron chi connectivity index (χ2n) is 6.53. The van der Waals surface area contributed by atoms with E-state index in [1.54, 1.807) is 6.92 Å². The number of carboxylic acid groups (broad SMARTS) is 1. The van der Waals surface area contributed by atoms with E-state index >= 15 is 0 Å². The lowest BCUT2D eigenvalue weighted by molar-refractivity contribution is 0.0696. The molecule has 0 aromatic heterocycles. The predicted octanol–water partition coefficient (Wildman–Crippen LogP) is 3.95. The number of benzene rings is 3. The van der Waals surface area contributed by atoms with Gasteiger partial charge in [-0.25, -0.2) is 21.6 Å². The predicted molar refractivity (Wildman–Crippen MR) is 118 cm³/mol. The molecule has 0 saturated carbocycles. The number of anilines is 2. The summed E-state index contributed by atoms with van der Waals surface area (Å²) in [5.41, 5.74) is 0.615. The van der Waals surface area contributed by atoms with Crippen molar-refractivity contribution in [3.8, 4) is 0 Å². The lowest BCUT2D eigenvalue weighted by Gasteiger charge is -2.14. The number of sulfonamides is 2. The molecule has 0 aliphatic heterocycles. The van der Waals surface area contributed by atoms with Gasteiger partial charge in [0.25, 0.3) is 20.0 Å². The van der Waals surface area contributed by atoms with Gasteiger partial charge in [0.1, 0.15) is 0 Å². The number of halogens is 1. The molecule has 0 atom stereocenters. The summed E-state index contributed by atoms with van der Waals surface area (Å²) in [7, 11) is -8.17. The third-order valence-electron chi connectivity index (χ3n) is 4.25. The molecule has 0 spiro atoms. The molecular weight excluding hydrogens is 464 g/mol. The Hall–Kier alpha value is -3.08.